The second-order valence-corrected chi connectivity index (χ2v) is 6.76. The summed E-state index contributed by atoms with van der Waals surface area (Å²) in [6, 6.07) is 12.7. The van der Waals surface area contributed by atoms with Crippen LogP contribution in [0.4, 0.5) is 0 Å². The number of esters is 1. The van der Waals surface area contributed by atoms with Gasteiger partial charge in [-0.1, -0.05) is 24.3 Å². The van der Waals surface area contributed by atoms with Crippen molar-refractivity contribution in [2.75, 3.05) is 26.4 Å². The molecule has 2 aliphatic heterocycles. The van der Waals surface area contributed by atoms with Gasteiger partial charge < -0.3 is 24.3 Å². The monoisotopic (exact) mass is 395 g/mol. The number of hydrogen-bond acceptors (Lipinski definition) is 6. The Morgan fingerprint density at radius 1 is 1.03 bits per heavy atom. The average Bonchev–Trinajstić information content (AvgIpc) is 2.76. The van der Waals surface area contributed by atoms with Gasteiger partial charge in [0.05, 0.1) is 11.6 Å². The highest BCUT2D eigenvalue weighted by Gasteiger charge is 2.20. The van der Waals surface area contributed by atoms with Gasteiger partial charge in [-0.2, -0.15) is 0 Å². The molecule has 0 spiro atoms. The molecular weight excluding hydrogens is 374 g/mol. The Balaban J connectivity index is 1.31. The van der Waals surface area contributed by atoms with E-state index in [9.17, 15) is 9.59 Å². The van der Waals surface area contributed by atoms with E-state index in [0.29, 0.717) is 30.3 Å². The van der Waals surface area contributed by atoms with E-state index in [1.807, 2.05) is 49.4 Å². The largest absolute Gasteiger partial charge is 0.488 e. The van der Waals surface area contributed by atoms with Crippen LogP contribution in [0.3, 0.4) is 0 Å². The van der Waals surface area contributed by atoms with Gasteiger partial charge in [-0.3, -0.25) is 4.79 Å². The van der Waals surface area contributed by atoms with Gasteiger partial charge in [0, 0.05) is 5.56 Å². The predicted octanol–water partition coefficient (Wildman–Crippen LogP) is 2.65. The molecule has 150 valence electrons. The third-order valence-corrected chi connectivity index (χ3v) is 4.67. The van der Waals surface area contributed by atoms with Gasteiger partial charge in [0.25, 0.3) is 5.91 Å². The number of rotatable bonds is 5. The summed E-state index contributed by atoms with van der Waals surface area (Å²) >= 11 is 0. The minimum Gasteiger partial charge on any atom is -0.488 e. The molecule has 0 saturated carbocycles. The summed E-state index contributed by atoms with van der Waals surface area (Å²) in [5.74, 6) is 1.11. The first-order valence-corrected chi connectivity index (χ1v) is 9.38. The molecule has 2 aliphatic rings. The number of para-hydroxylation sites is 1. The summed E-state index contributed by atoms with van der Waals surface area (Å²) in [6.45, 7) is 2.62. The number of fused-ring (bicyclic) bond motifs is 2. The van der Waals surface area contributed by atoms with Crippen molar-refractivity contribution in [3.8, 4) is 17.2 Å². The second-order valence-electron chi connectivity index (χ2n) is 6.76. The van der Waals surface area contributed by atoms with E-state index in [2.05, 4.69) is 5.32 Å². The molecule has 29 heavy (non-hydrogen) atoms. The Morgan fingerprint density at radius 3 is 2.69 bits per heavy atom. The molecule has 4 rings (SSSR count). The number of hydrogen-bond donors (Lipinski definition) is 1. The lowest BCUT2D eigenvalue weighted by molar-refractivity contribution is -0.145. The number of carbonyl (C=O) groups excluding carboxylic acids is 2. The highest BCUT2D eigenvalue weighted by Crippen LogP contribution is 2.32. The van der Waals surface area contributed by atoms with E-state index in [4.69, 9.17) is 18.9 Å². The first-order chi connectivity index (χ1) is 14.1. The summed E-state index contributed by atoms with van der Waals surface area (Å²) in [6.07, 6.45) is 1.72. The van der Waals surface area contributed by atoms with Crippen molar-refractivity contribution in [1.82, 2.24) is 5.32 Å². The number of ether oxygens (including phenoxy) is 4. The van der Waals surface area contributed by atoms with Crippen LogP contribution in [0.15, 0.2) is 48.0 Å². The summed E-state index contributed by atoms with van der Waals surface area (Å²) in [7, 11) is 0. The SMILES string of the molecule is C[C@H](NC(=O)COC(=O)C1=Cc2ccccc2OC1)c1ccc2c(c1)OCCO2. The lowest BCUT2D eigenvalue weighted by Crippen LogP contribution is -2.32. The predicted molar refractivity (Wildman–Crippen MR) is 105 cm³/mol. The number of carbonyl (C=O) groups is 2. The molecule has 0 aliphatic carbocycles. The molecule has 0 fully saturated rings. The molecule has 1 atom stereocenters. The summed E-state index contributed by atoms with van der Waals surface area (Å²) in [5.41, 5.74) is 2.05. The maximum Gasteiger partial charge on any atom is 0.338 e. The van der Waals surface area contributed by atoms with Crippen LogP contribution in [-0.2, 0) is 14.3 Å². The third kappa shape index (κ3) is 4.34. The van der Waals surface area contributed by atoms with Crippen LogP contribution in [0.1, 0.15) is 24.1 Å². The highest BCUT2D eigenvalue weighted by atomic mass is 16.6. The molecule has 1 amide bonds. The average molecular weight is 395 g/mol. The molecule has 1 N–H and O–H groups in total. The maximum absolute atomic E-state index is 12.2. The minimum atomic E-state index is -0.568. The second kappa shape index (κ2) is 8.26. The van der Waals surface area contributed by atoms with Crippen LogP contribution in [0.2, 0.25) is 0 Å². The van der Waals surface area contributed by atoms with Crippen molar-refractivity contribution in [1.29, 1.82) is 0 Å². The van der Waals surface area contributed by atoms with E-state index in [0.717, 1.165) is 16.9 Å². The quantitative estimate of drug-likeness (QED) is 0.784. The lowest BCUT2D eigenvalue weighted by atomic mass is 10.1. The number of benzene rings is 2. The zero-order valence-corrected chi connectivity index (χ0v) is 16.0. The molecule has 2 heterocycles. The van der Waals surface area contributed by atoms with E-state index < -0.39 is 11.9 Å². The van der Waals surface area contributed by atoms with Gasteiger partial charge >= 0.3 is 5.97 Å². The van der Waals surface area contributed by atoms with E-state index >= 15 is 0 Å². The van der Waals surface area contributed by atoms with E-state index in [1.54, 1.807) is 6.08 Å². The maximum atomic E-state index is 12.2. The van der Waals surface area contributed by atoms with Crippen molar-refractivity contribution in [2.24, 2.45) is 0 Å². The van der Waals surface area contributed by atoms with Gasteiger partial charge in [0.2, 0.25) is 0 Å². The fourth-order valence-electron chi connectivity index (χ4n) is 3.15. The topological polar surface area (TPSA) is 83.1 Å². The van der Waals surface area contributed by atoms with Crippen LogP contribution in [-0.4, -0.2) is 38.3 Å². The normalized spacial score (nSPS) is 15.3. The van der Waals surface area contributed by atoms with Crippen LogP contribution in [0.25, 0.3) is 6.08 Å². The van der Waals surface area contributed by atoms with Gasteiger partial charge in [0.1, 0.15) is 25.6 Å². The molecule has 2 aromatic rings. The fraction of sp³-hybridized carbons (Fsp3) is 0.273. The number of nitrogens with one attached hydrogen (secondary N) is 1. The van der Waals surface area contributed by atoms with Gasteiger partial charge in [0.15, 0.2) is 18.1 Å². The first-order valence-electron chi connectivity index (χ1n) is 9.38. The summed E-state index contributed by atoms with van der Waals surface area (Å²) in [4.78, 5) is 24.5. The van der Waals surface area contributed by atoms with Crippen molar-refractivity contribution in [3.63, 3.8) is 0 Å². The standard InChI is InChI=1S/C22H21NO6/c1-14(15-6-7-19-20(11-15)27-9-8-26-19)23-21(24)13-29-22(25)17-10-16-4-2-3-5-18(16)28-12-17/h2-7,10-11,14H,8-9,12-13H2,1H3,(H,23,24)/t14-/m0/s1. The molecule has 0 aromatic heterocycles. The summed E-state index contributed by atoms with van der Waals surface area (Å²) < 4.78 is 21.7. The Bertz CT molecular complexity index is 968. The van der Waals surface area contributed by atoms with Crippen molar-refractivity contribution in [2.45, 2.75) is 13.0 Å². The van der Waals surface area contributed by atoms with E-state index in [1.165, 1.54) is 0 Å². The van der Waals surface area contributed by atoms with Crippen LogP contribution in [0.5, 0.6) is 17.2 Å². The van der Waals surface area contributed by atoms with Crippen molar-refractivity contribution < 1.29 is 28.5 Å². The van der Waals surface area contributed by atoms with Crippen molar-refractivity contribution in [3.05, 3.63) is 59.2 Å². The Labute approximate surface area is 168 Å². The molecule has 0 bridgehead atoms. The van der Waals surface area contributed by atoms with E-state index in [-0.39, 0.29) is 19.3 Å². The van der Waals surface area contributed by atoms with Gasteiger partial charge in [-0.05, 0) is 36.8 Å². The number of amides is 1. The zero-order valence-electron chi connectivity index (χ0n) is 16.0. The molecule has 7 heteroatoms. The van der Waals surface area contributed by atoms with Gasteiger partial charge in [-0.15, -0.1) is 0 Å². The molecule has 0 saturated heterocycles. The molecule has 7 nitrogen and oxygen atoms in total. The minimum absolute atomic E-state index is 0.116. The first kappa shape index (κ1) is 18.9. The highest BCUT2D eigenvalue weighted by molar-refractivity contribution is 5.96. The van der Waals surface area contributed by atoms with Crippen molar-refractivity contribution >= 4 is 18.0 Å². The molecular formula is C22H21NO6. The van der Waals surface area contributed by atoms with Crippen LogP contribution >= 0.6 is 0 Å². The smallest absolute Gasteiger partial charge is 0.338 e. The Kier molecular flexibility index (Phi) is 5.37. The van der Waals surface area contributed by atoms with Gasteiger partial charge in [-0.25, -0.2) is 4.79 Å². The van der Waals surface area contributed by atoms with Crippen LogP contribution in [0, 0.1) is 0 Å². The molecule has 0 radical (unpaired) electrons. The fourth-order valence-corrected chi connectivity index (χ4v) is 3.15. The summed E-state index contributed by atoms with van der Waals surface area (Å²) in [5, 5.41) is 2.81. The molecule has 0 unspecified atom stereocenters. The molecule has 2 aromatic carbocycles. The zero-order chi connectivity index (χ0) is 20.2. The Morgan fingerprint density at radius 2 is 1.83 bits per heavy atom. The lowest BCUT2D eigenvalue weighted by Gasteiger charge is -2.21. The van der Waals surface area contributed by atoms with Crippen LogP contribution < -0.4 is 19.5 Å². The Hall–Kier alpha value is -3.48. The third-order valence-electron chi connectivity index (χ3n) is 4.67.